The van der Waals surface area contributed by atoms with E-state index in [1.807, 2.05) is 0 Å². The van der Waals surface area contributed by atoms with E-state index in [1.165, 1.54) is 33.8 Å². The van der Waals surface area contributed by atoms with Gasteiger partial charge < -0.3 is 33.9 Å². The summed E-state index contributed by atoms with van der Waals surface area (Å²) in [5.74, 6) is -4.11. The lowest BCUT2D eigenvalue weighted by molar-refractivity contribution is -0.151. The van der Waals surface area contributed by atoms with E-state index in [0.717, 1.165) is 13.8 Å². The van der Waals surface area contributed by atoms with Crippen molar-refractivity contribution in [2.24, 2.45) is 5.92 Å². The lowest BCUT2D eigenvalue weighted by Gasteiger charge is -2.38. The van der Waals surface area contributed by atoms with Crippen molar-refractivity contribution in [2.75, 3.05) is 6.61 Å². The average Bonchev–Trinajstić information content (AvgIpc) is 2.82. The van der Waals surface area contributed by atoms with Gasteiger partial charge in [-0.15, -0.1) is 0 Å². The highest BCUT2D eigenvalue weighted by Gasteiger charge is 2.41. The van der Waals surface area contributed by atoms with Gasteiger partial charge in [-0.1, -0.05) is 6.08 Å². The molecule has 2 N–H and O–H groups in total. The molecule has 2 aliphatic carbocycles. The minimum atomic E-state index is -1.37. The third-order valence-electron chi connectivity index (χ3n) is 6.74. The second-order valence-electron chi connectivity index (χ2n) is 10.00. The zero-order chi connectivity index (χ0) is 30.3. The quantitative estimate of drug-likeness (QED) is 0.272. The molecule has 2 rings (SSSR count). The molecular formula is C28H38O12. The van der Waals surface area contributed by atoms with E-state index < -0.39 is 66.3 Å². The third-order valence-corrected chi connectivity index (χ3v) is 6.74. The molecule has 0 aromatic carbocycles. The number of carbonyl (C=O) groups excluding carboxylic acids is 5. The summed E-state index contributed by atoms with van der Waals surface area (Å²) >= 11 is 0. The highest BCUT2D eigenvalue weighted by molar-refractivity contribution is 5.70. The molecule has 2 aliphatic rings. The maximum Gasteiger partial charge on any atom is 0.307 e. The predicted octanol–water partition coefficient (Wildman–Crippen LogP) is 1.96. The largest absolute Gasteiger partial charge is 0.461 e. The van der Waals surface area contributed by atoms with Crippen molar-refractivity contribution < 1.29 is 57.9 Å². The molecular weight excluding hydrogens is 528 g/mol. The van der Waals surface area contributed by atoms with E-state index in [9.17, 15) is 34.2 Å². The average molecular weight is 567 g/mol. The van der Waals surface area contributed by atoms with Crippen molar-refractivity contribution in [1.82, 2.24) is 0 Å². The fraction of sp³-hybridized carbons (Fsp3) is 0.607. The number of aliphatic hydroxyl groups excluding tert-OH is 2. The molecule has 0 spiro atoms. The second kappa shape index (κ2) is 14.2. The van der Waals surface area contributed by atoms with Gasteiger partial charge in [0.25, 0.3) is 0 Å². The van der Waals surface area contributed by atoms with Crippen molar-refractivity contribution in [3.8, 4) is 0 Å². The summed E-state index contributed by atoms with van der Waals surface area (Å²) in [4.78, 5) is 60.0. The van der Waals surface area contributed by atoms with Gasteiger partial charge in [0.15, 0.2) is 11.9 Å². The summed E-state index contributed by atoms with van der Waals surface area (Å²) < 4.78 is 27.3. The molecule has 6 atom stereocenters. The Hall–Kier alpha value is -3.51. The summed E-state index contributed by atoms with van der Waals surface area (Å²) in [5.41, 5.74) is 1.28. The number of hydrogen-bond donors (Lipinski definition) is 2. The van der Waals surface area contributed by atoms with Crippen molar-refractivity contribution >= 4 is 29.8 Å². The van der Waals surface area contributed by atoms with Crippen molar-refractivity contribution in [1.29, 1.82) is 0 Å². The number of hydrogen-bond acceptors (Lipinski definition) is 12. The second-order valence-corrected chi connectivity index (χ2v) is 10.00. The van der Waals surface area contributed by atoms with Gasteiger partial charge >= 0.3 is 29.8 Å². The van der Waals surface area contributed by atoms with Crippen LogP contribution in [0.4, 0.5) is 0 Å². The van der Waals surface area contributed by atoms with E-state index in [-0.39, 0.29) is 42.8 Å². The van der Waals surface area contributed by atoms with Crippen LogP contribution in [0.1, 0.15) is 67.7 Å². The van der Waals surface area contributed by atoms with E-state index >= 15 is 0 Å². The van der Waals surface area contributed by atoms with Crippen LogP contribution in [-0.4, -0.2) is 77.2 Å². The minimum absolute atomic E-state index is 0.117. The number of aliphatic hydroxyl groups is 2. The lowest BCUT2D eigenvalue weighted by atomic mass is 9.76. The Morgan fingerprint density at radius 2 is 1.32 bits per heavy atom. The first-order valence-electron chi connectivity index (χ1n) is 12.9. The molecule has 0 saturated heterocycles. The standard InChI is InChI=1S/C28H38O12/c1-13-22-8-20(10-25(13)37-16(4)30)23(34)9-21(12-36-15(3)29)24(35)11-26(38-17(5)31)14(2)27(39-18(6)32)28(22)40-19(7)33/h9,20,23-26,28,34-35H,8,10-12H2,1-7H3/b21-9+,27-14-/t20-,23-,24-,25-,26-,28+/m0/s1. The molecule has 12 heteroatoms. The maximum atomic E-state index is 12.3. The van der Waals surface area contributed by atoms with Gasteiger partial charge in [-0.05, 0) is 49.3 Å². The smallest absolute Gasteiger partial charge is 0.307 e. The number of rotatable bonds is 6. The summed E-state index contributed by atoms with van der Waals surface area (Å²) in [6, 6.07) is 0. The zero-order valence-corrected chi connectivity index (χ0v) is 23.8. The molecule has 2 bridgehead atoms. The van der Waals surface area contributed by atoms with Gasteiger partial charge in [0.1, 0.15) is 18.8 Å². The minimum Gasteiger partial charge on any atom is -0.461 e. The molecule has 40 heavy (non-hydrogen) atoms. The highest BCUT2D eigenvalue weighted by Crippen LogP contribution is 2.40. The van der Waals surface area contributed by atoms with Crippen LogP contribution in [0.5, 0.6) is 0 Å². The van der Waals surface area contributed by atoms with Gasteiger partial charge in [-0.25, -0.2) is 0 Å². The topological polar surface area (TPSA) is 172 Å². The van der Waals surface area contributed by atoms with E-state index in [4.69, 9.17) is 23.7 Å². The van der Waals surface area contributed by atoms with Crippen LogP contribution in [0.2, 0.25) is 0 Å². The van der Waals surface area contributed by atoms with Gasteiger partial charge in [0, 0.05) is 46.6 Å². The number of carbonyl (C=O) groups is 5. The molecule has 0 amide bonds. The predicted molar refractivity (Wildman–Crippen MR) is 138 cm³/mol. The van der Waals surface area contributed by atoms with Gasteiger partial charge in [-0.2, -0.15) is 0 Å². The molecule has 0 unspecified atom stereocenters. The first kappa shape index (κ1) is 32.7. The number of ether oxygens (including phenoxy) is 5. The van der Waals surface area contributed by atoms with Gasteiger partial charge in [-0.3, -0.25) is 24.0 Å². The van der Waals surface area contributed by atoms with E-state index in [1.54, 1.807) is 6.92 Å². The maximum absolute atomic E-state index is 12.3. The van der Waals surface area contributed by atoms with Crippen LogP contribution < -0.4 is 0 Å². The van der Waals surface area contributed by atoms with E-state index in [0.29, 0.717) is 11.1 Å². The van der Waals surface area contributed by atoms with Crippen LogP contribution in [0.15, 0.2) is 34.1 Å². The molecule has 12 nitrogen and oxygen atoms in total. The van der Waals surface area contributed by atoms with E-state index in [2.05, 4.69) is 0 Å². The normalized spacial score (nSPS) is 30.5. The molecule has 0 heterocycles. The van der Waals surface area contributed by atoms with Crippen LogP contribution in [0, 0.1) is 5.92 Å². The first-order valence-corrected chi connectivity index (χ1v) is 12.9. The Morgan fingerprint density at radius 3 is 1.82 bits per heavy atom. The molecule has 0 saturated carbocycles. The monoisotopic (exact) mass is 566 g/mol. The molecule has 0 aliphatic heterocycles. The number of fused-ring (bicyclic) bond motifs is 2. The third kappa shape index (κ3) is 9.02. The highest BCUT2D eigenvalue weighted by atomic mass is 16.6. The Balaban J connectivity index is 2.89. The van der Waals surface area contributed by atoms with Crippen LogP contribution in [-0.2, 0) is 47.7 Å². The van der Waals surface area contributed by atoms with Crippen LogP contribution in [0.25, 0.3) is 0 Å². The van der Waals surface area contributed by atoms with Gasteiger partial charge in [0.05, 0.1) is 12.2 Å². The summed E-state index contributed by atoms with van der Waals surface area (Å²) in [6.45, 7) is 8.74. The SMILES string of the molecule is CC(=O)OC/C1=C\[C@H](O)[C@H]2CC(=C(C)[C@@H](OC(C)=O)C2)[C@@H](OC(C)=O)/C(OC(C)=O)=C(\C)[C@@H](OC(C)=O)C[C@@H]1O. The molecule has 0 radical (unpaired) electrons. The van der Waals surface area contributed by atoms with Crippen molar-refractivity contribution in [3.05, 3.63) is 34.1 Å². The Morgan fingerprint density at radius 1 is 0.775 bits per heavy atom. The zero-order valence-electron chi connectivity index (χ0n) is 23.8. The lowest BCUT2D eigenvalue weighted by Crippen LogP contribution is -2.39. The van der Waals surface area contributed by atoms with Crippen LogP contribution >= 0.6 is 0 Å². The fourth-order valence-electron chi connectivity index (χ4n) is 4.86. The number of esters is 5. The molecule has 222 valence electrons. The molecule has 0 aromatic heterocycles. The fourth-order valence-corrected chi connectivity index (χ4v) is 4.86. The molecule has 0 fully saturated rings. The van der Waals surface area contributed by atoms with Gasteiger partial charge in [0.2, 0.25) is 0 Å². The Bertz CT molecular complexity index is 1110. The Labute approximate surface area is 232 Å². The molecule has 0 aromatic rings. The Kier molecular flexibility index (Phi) is 11.6. The van der Waals surface area contributed by atoms with Crippen molar-refractivity contribution in [2.45, 2.75) is 98.2 Å². The summed E-state index contributed by atoms with van der Waals surface area (Å²) in [5, 5.41) is 22.4. The van der Waals surface area contributed by atoms with Crippen LogP contribution in [0.3, 0.4) is 0 Å². The first-order chi connectivity index (χ1) is 18.6. The van der Waals surface area contributed by atoms with Crippen molar-refractivity contribution in [3.63, 3.8) is 0 Å². The summed E-state index contributed by atoms with van der Waals surface area (Å²) in [7, 11) is 0. The summed E-state index contributed by atoms with van der Waals surface area (Å²) in [6.07, 6.45) is -4.49.